The van der Waals surface area contributed by atoms with Gasteiger partial charge in [-0.25, -0.2) is 23.0 Å². The lowest BCUT2D eigenvalue weighted by Gasteiger charge is -2.33. The number of benzene rings is 1. The summed E-state index contributed by atoms with van der Waals surface area (Å²) in [4.78, 5) is 34.0. The van der Waals surface area contributed by atoms with Crippen molar-refractivity contribution in [2.24, 2.45) is 0 Å². The van der Waals surface area contributed by atoms with Crippen molar-refractivity contribution in [1.82, 2.24) is 19.8 Å². The van der Waals surface area contributed by atoms with E-state index in [1.54, 1.807) is 46.9 Å². The topological polar surface area (TPSA) is 136 Å². The van der Waals surface area contributed by atoms with Crippen LogP contribution in [0.15, 0.2) is 52.2 Å². The Hall–Kier alpha value is -3.67. The van der Waals surface area contributed by atoms with Crippen LogP contribution in [0.4, 0.5) is 23.7 Å². The Morgan fingerprint density at radius 3 is 2.47 bits per heavy atom. The van der Waals surface area contributed by atoms with Crippen molar-refractivity contribution >= 4 is 61.3 Å². The second kappa shape index (κ2) is 13.3. The number of H-pyrrole nitrogens is 1. The molecule has 17 heteroatoms. The van der Waals surface area contributed by atoms with Gasteiger partial charge in [0.25, 0.3) is 10.0 Å². The van der Waals surface area contributed by atoms with Crippen LogP contribution in [0.25, 0.3) is 21.6 Å². The van der Waals surface area contributed by atoms with Crippen LogP contribution in [0.1, 0.15) is 11.8 Å². The molecular formula is C26H28F3N5O6S3. The third kappa shape index (κ3) is 7.65. The van der Waals surface area contributed by atoms with Gasteiger partial charge in [-0.15, -0.1) is 22.7 Å². The van der Waals surface area contributed by atoms with Gasteiger partial charge in [0.2, 0.25) is 0 Å². The number of sulfonamides is 1. The molecule has 0 aliphatic carbocycles. The minimum atomic E-state index is -5.08. The summed E-state index contributed by atoms with van der Waals surface area (Å²) in [6, 6.07) is 11.0. The monoisotopic (exact) mass is 659 g/mol. The van der Waals surface area contributed by atoms with Gasteiger partial charge in [-0.1, -0.05) is 18.2 Å². The van der Waals surface area contributed by atoms with Gasteiger partial charge < -0.3 is 19.7 Å². The van der Waals surface area contributed by atoms with E-state index in [2.05, 4.69) is 14.9 Å². The number of hydrogen-bond donors (Lipinski definition) is 2. The van der Waals surface area contributed by atoms with Gasteiger partial charge >= 0.3 is 18.2 Å². The van der Waals surface area contributed by atoms with Crippen molar-refractivity contribution in [3.63, 3.8) is 0 Å². The number of carbonyl (C=O) groups excluding carboxylic acids is 1. The fraction of sp³-hybridized carbons (Fsp3) is 0.346. The molecule has 1 aromatic carbocycles. The van der Waals surface area contributed by atoms with Crippen LogP contribution in [0, 0.1) is 0 Å². The smallest absolute Gasteiger partial charge is 0.475 e. The molecule has 232 valence electrons. The van der Waals surface area contributed by atoms with Gasteiger partial charge in [0.15, 0.2) is 0 Å². The number of carbonyl (C=O) groups is 2. The Morgan fingerprint density at radius 2 is 1.86 bits per heavy atom. The standard InChI is InChI=1S/C24H27N5O4S3.C2HF3O2/c1-3-33-24(30)29-11-9-28(10-12-29)16-18-15-25-23(35-18)19-14-17-6-4-7-20(22(17)26-19)27(2)36(31,32)21-8-5-13-34-21;3-2(4,5)1(6)7/h4-8,13-15,26H,3,9-12,16H2,1-2H3;(H,6,7). The lowest BCUT2D eigenvalue weighted by atomic mass is 10.2. The molecule has 0 radical (unpaired) electrons. The molecule has 43 heavy (non-hydrogen) atoms. The number of aliphatic carboxylic acids is 1. The number of carboxylic acid groups (broad SMARTS) is 1. The minimum Gasteiger partial charge on any atom is -0.475 e. The number of ether oxygens (including phenoxy) is 1. The molecule has 3 aromatic heterocycles. The molecule has 0 atom stereocenters. The molecule has 0 bridgehead atoms. The number of carboxylic acids is 1. The highest BCUT2D eigenvalue weighted by molar-refractivity contribution is 7.94. The number of piperazine rings is 1. The Bertz CT molecular complexity index is 1660. The third-order valence-electron chi connectivity index (χ3n) is 6.39. The van der Waals surface area contributed by atoms with Crippen molar-refractivity contribution in [1.29, 1.82) is 0 Å². The number of aromatic nitrogens is 2. The van der Waals surface area contributed by atoms with Crippen LogP contribution in [0.2, 0.25) is 0 Å². The number of anilines is 1. The number of para-hydroxylation sites is 1. The number of alkyl halides is 3. The van der Waals surface area contributed by atoms with E-state index in [1.807, 2.05) is 31.3 Å². The highest BCUT2D eigenvalue weighted by atomic mass is 32.2. The average molecular weight is 660 g/mol. The van der Waals surface area contributed by atoms with E-state index in [4.69, 9.17) is 14.6 Å². The molecule has 0 spiro atoms. The number of nitrogens with zero attached hydrogens (tertiary/aromatic N) is 4. The summed E-state index contributed by atoms with van der Waals surface area (Å²) in [6.45, 7) is 5.84. The number of thiazole rings is 1. The quantitative estimate of drug-likeness (QED) is 0.280. The number of fused-ring (bicyclic) bond motifs is 1. The average Bonchev–Trinajstić information content (AvgIpc) is 3.74. The highest BCUT2D eigenvalue weighted by Crippen LogP contribution is 2.35. The van der Waals surface area contributed by atoms with Gasteiger partial charge in [0, 0.05) is 56.2 Å². The van der Waals surface area contributed by atoms with Crippen LogP contribution in [0.3, 0.4) is 0 Å². The first kappa shape index (κ1) is 32.2. The van der Waals surface area contributed by atoms with Gasteiger partial charge in [0.1, 0.15) is 9.22 Å². The Balaban J connectivity index is 0.000000541. The first-order valence-electron chi connectivity index (χ1n) is 12.8. The number of hydrogen-bond acceptors (Lipinski definition) is 9. The summed E-state index contributed by atoms with van der Waals surface area (Å²) in [5, 5.41) is 10.7. The maximum Gasteiger partial charge on any atom is 0.490 e. The number of thiophene rings is 1. The molecule has 4 heterocycles. The van der Waals surface area contributed by atoms with E-state index in [1.165, 1.54) is 15.6 Å². The molecule has 0 unspecified atom stereocenters. The molecule has 1 aliphatic heterocycles. The summed E-state index contributed by atoms with van der Waals surface area (Å²) in [5.41, 5.74) is 2.19. The molecular weight excluding hydrogens is 632 g/mol. The van der Waals surface area contributed by atoms with Crippen molar-refractivity contribution in [3.05, 3.63) is 52.9 Å². The minimum absolute atomic E-state index is 0.246. The number of aromatic amines is 1. The Morgan fingerprint density at radius 1 is 1.16 bits per heavy atom. The lowest BCUT2D eigenvalue weighted by Crippen LogP contribution is -2.48. The molecule has 1 amide bonds. The van der Waals surface area contributed by atoms with Gasteiger partial charge in [-0.2, -0.15) is 13.2 Å². The summed E-state index contributed by atoms with van der Waals surface area (Å²) < 4.78 is 64.6. The van der Waals surface area contributed by atoms with Gasteiger partial charge in [-0.3, -0.25) is 9.21 Å². The zero-order chi connectivity index (χ0) is 31.4. The maximum absolute atomic E-state index is 13.1. The van der Waals surface area contributed by atoms with Crippen LogP contribution in [-0.2, 0) is 26.1 Å². The molecule has 0 saturated carbocycles. The summed E-state index contributed by atoms with van der Waals surface area (Å²) >= 11 is 2.81. The fourth-order valence-corrected chi connectivity index (χ4v) is 7.52. The van der Waals surface area contributed by atoms with Crippen molar-refractivity contribution in [3.8, 4) is 10.7 Å². The van der Waals surface area contributed by atoms with Gasteiger partial charge in [0.05, 0.1) is 23.5 Å². The van der Waals surface area contributed by atoms with Crippen molar-refractivity contribution in [2.45, 2.75) is 23.9 Å². The maximum atomic E-state index is 13.1. The van der Waals surface area contributed by atoms with E-state index in [-0.39, 0.29) is 6.09 Å². The van der Waals surface area contributed by atoms with E-state index >= 15 is 0 Å². The van der Waals surface area contributed by atoms with Crippen LogP contribution in [0.5, 0.6) is 0 Å². The second-order valence-electron chi connectivity index (χ2n) is 9.23. The van der Waals surface area contributed by atoms with Crippen LogP contribution >= 0.6 is 22.7 Å². The van der Waals surface area contributed by atoms with E-state index in [0.717, 1.165) is 46.1 Å². The predicted molar refractivity (Wildman–Crippen MR) is 157 cm³/mol. The summed E-state index contributed by atoms with van der Waals surface area (Å²) in [7, 11) is -2.06. The zero-order valence-corrected chi connectivity index (χ0v) is 25.4. The van der Waals surface area contributed by atoms with Crippen molar-refractivity contribution < 1.29 is 41.0 Å². The first-order valence-corrected chi connectivity index (χ1v) is 16.0. The molecule has 2 N–H and O–H groups in total. The summed E-state index contributed by atoms with van der Waals surface area (Å²) in [6.07, 6.45) is -3.44. The second-order valence-corrected chi connectivity index (χ2v) is 13.5. The zero-order valence-electron chi connectivity index (χ0n) is 23.0. The Labute approximate surface area is 253 Å². The highest BCUT2D eigenvalue weighted by Gasteiger charge is 2.38. The van der Waals surface area contributed by atoms with E-state index in [0.29, 0.717) is 29.6 Å². The molecule has 1 aliphatic rings. The van der Waals surface area contributed by atoms with E-state index in [9.17, 15) is 26.4 Å². The molecule has 11 nitrogen and oxygen atoms in total. The molecule has 4 aromatic rings. The molecule has 5 rings (SSSR count). The largest absolute Gasteiger partial charge is 0.490 e. The summed E-state index contributed by atoms with van der Waals surface area (Å²) in [5.74, 6) is -2.76. The van der Waals surface area contributed by atoms with Gasteiger partial charge in [-0.05, 0) is 30.5 Å². The van der Waals surface area contributed by atoms with E-state index < -0.39 is 22.2 Å². The number of nitrogens with one attached hydrogen (secondary N) is 1. The Kier molecular flexibility index (Phi) is 9.99. The predicted octanol–water partition coefficient (Wildman–Crippen LogP) is 5.09. The van der Waals surface area contributed by atoms with Crippen LogP contribution in [-0.4, -0.2) is 91.4 Å². The van der Waals surface area contributed by atoms with Crippen LogP contribution < -0.4 is 4.31 Å². The van der Waals surface area contributed by atoms with Crippen molar-refractivity contribution in [2.75, 3.05) is 44.1 Å². The SMILES string of the molecule is CCOC(=O)N1CCN(Cc2cnc(-c3cc4cccc(N(C)S(=O)(=O)c5cccs5)c4[nH]3)s2)CC1.O=C(O)C(F)(F)F. The molecule has 1 fully saturated rings. The lowest BCUT2D eigenvalue weighted by molar-refractivity contribution is -0.192. The number of amides is 1. The molecule has 1 saturated heterocycles. The number of halogens is 3. The first-order chi connectivity index (χ1) is 20.3. The third-order valence-corrected chi connectivity index (χ3v) is 10.5. The fourth-order valence-electron chi connectivity index (χ4n) is 4.22. The number of rotatable bonds is 7. The normalized spacial score (nSPS) is 14.3.